The summed E-state index contributed by atoms with van der Waals surface area (Å²) >= 11 is 3.14. The molecule has 1 aliphatic heterocycles. The van der Waals surface area contributed by atoms with Gasteiger partial charge in [-0.15, -0.1) is 0 Å². The maximum atomic E-state index is 13.1. The topological polar surface area (TPSA) is 51.0 Å². The van der Waals surface area contributed by atoms with E-state index in [4.69, 9.17) is 4.52 Å². The molecule has 94 valence electrons. The molecule has 18 heavy (non-hydrogen) atoms. The van der Waals surface area contributed by atoms with Crippen molar-refractivity contribution in [2.24, 2.45) is 0 Å². The molecule has 4 nitrogen and oxygen atoms in total. The Balaban J connectivity index is 1.89. The van der Waals surface area contributed by atoms with Crippen LogP contribution in [0.15, 0.2) is 27.2 Å². The Bertz CT molecular complexity index is 566. The van der Waals surface area contributed by atoms with E-state index in [1.165, 1.54) is 6.07 Å². The number of rotatable bonds is 2. The van der Waals surface area contributed by atoms with E-state index < -0.39 is 0 Å². The Morgan fingerprint density at radius 2 is 2.33 bits per heavy atom. The first-order valence-electron chi connectivity index (χ1n) is 5.76. The summed E-state index contributed by atoms with van der Waals surface area (Å²) in [5.74, 6) is 0.780. The van der Waals surface area contributed by atoms with Gasteiger partial charge in [0.25, 0.3) is 0 Å². The van der Waals surface area contributed by atoms with Gasteiger partial charge in [0.2, 0.25) is 11.7 Å². The minimum absolute atomic E-state index is 0.148. The lowest BCUT2D eigenvalue weighted by Crippen LogP contribution is -2.12. The van der Waals surface area contributed by atoms with E-state index in [-0.39, 0.29) is 11.9 Å². The predicted octanol–water partition coefficient (Wildman–Crippen LogP) is 3.06. The van der Waals surface area contributed by atoms with Crippen LogP contribution in [-0.2, 0) is 0 Å². The van der Waals surface area contributed by atoms with Crippen molar-refractivity contribution in [1.29, 1.82) is 0 Å². The molecule has 0 spiro atoms. The van der Waals surface area contributed by atoms with Gasteiger partial charge in [0.1, 0.15) is 5.82 Å². The number of nitrogens with zero attached hydrogens (tertiary/aromatic N) is 2. The number of aromatic nitrogens is 2. The number of hydrogen-bond acceptors (Lipinski definition) is 4. The van der Waals surface area contributed by atoms with Gasteiger partial charge in [0.05, 0.1) is 10.5 Å². The fourth-order valence-corrected chi connectivity index (χ4v) is 2.40. The van der Waals surface area contributed by atoms with E-state index in [1.54, 1.807) is 12.1 Å². The van der Waals surface area contributed by atoms with Gasteiger partial charge in [-0.3, -0.25) is 0 Å². The van der Waals surface area contributed by atoms with Crippen molar-refractivity contribution in [2.75, 3.05) is 6.54 Å². The average molecular weight is 312 g/mol. The van der Waals surface area contributed by atoms with Crippen molar-refractivity contribution >= 4 is 15.9 Å². The Kier molecular flexibility index (Phi) is 3.13. The second-order valence-electron chi connectivity index (χ2n) is 4.23. The molecule has 2 heterocycles. The van der Waals surface area contributed by atoms with Gasteiger partial charge in [0, 0.05) is 5.56 Å². The maximum Gasteiger partial charge on any atom is 0.244 e. The third-order valence-corrected chi connectivity index (χ3v) is 3.59. The van der Waals surface area contributed by atoms with Crippen molar-refractivity contribution in [1.82, 2.24) is 15.5 Å². The van der Waals surface area contributed by atoms with E-state index in [0.717, 1.165) is 24.9 Å². The molecular weight excluding hydrogens is 301 g/mol. The van der Waals surface area contributed by atoms with E-state index in [0.29, 0.717) is 16.2 Å². The van der Waals surface area contributed by atoms with Crippen LogP contribution in [0.1, 0.15) is 24.8 Å². The number of halogens is 2. The summed E-state index contributed by atoms with van der Waals surface area (Å²) in [7, 11) is 0. The molecule has 0 bridgehead atoms. The minimum Gasteiger partial charge on any atom is -0.337 e. The monoisotopic (exact) mass is 311 g/mol. The molecule has 0 radical (unpaired) electrons. The Morgan fingerprint density at radius 3 is 3.06 bits per heavy atom. The molecule has 0 unspecified atom stereocenters. The summed E-state index contributed by atoms with van der Waals surface area (Å²) in [5.41, 5.74) is 0.733. The fourth-order valence-electron chi connectivity index (χ4n) is 2.02. The quantitative estimate of drug-likeness (QED) is 0.926. The lowest BCUT2D eigenvalue weighted by molar-refractivity contribution is 0.345. The summed E-state index contributed by atoms with van der Waals surface area (Å²) in [4.78, 5) is 4.35. The van der Waals surface area contributed by atoms with Gasteiger partial charge in [-0.2, -0.15) is 4.98 Å². The van der Waals surface area contributed by atoms with E-state index in [2.05, 4.69) is 31.4 Å². The summed E-state index contributed by atoms with van der Waals surface area (Å²) in [5, 5.41) is 7.23. The zero-order valence-corrected chi connectivity index (χ0v) is 11.1. The zero-order chi connectivity index (χ0) is 12.5. The highest BCUT2D eigenvalue weighted by atomic mass is 79.9. The van der Waals surface area contributed by atoms with Crippen LogP contribution in [0.3, 0.4) is 0 Å². The minimum atomic E-state index is -0.306. The lowest BCUT2D eigenvalue weighted by atomic mass is 10.2. The predicted molar refractivity (Wildman–Crippen MR) is 67.4 cm³/mol. The molecule has 6 heteroatoms. The number of nitrogens with one attached hydrogen (secondary N) is 1. The first kappa shape index (κ1) is 11.8. The van der Waals surface area contributed by atoms with Crippen LogP contribution in [0.5, 0.6) is 0 Å². The summed E-state index contributed by atoms with van der Waals surface area (Å²) in [6, 6.07) is 4.81. The third kappa shape index (κ3) is 2.18. The smallest absolute Gasteiger partial charge is 0.244 e. The highest BCUT2D eigenvalue weighted by Crippen LogP contribution is 2.26. The second kappa shape index (κ2) is 4.78. The summed E-state index contributed by atoms with van der Waals surface area (Å²) in [6.45, 7) is 0.977. The molecular formula is C12H11BrFN3O. The largest absolute Gasteiger partial charge is 0.337 e. The molecule has 1 aliphatic rings. The van der Waals surface area contributed by atoms with Gasteiger partial charge >= 0.3 is 0 Å². The summed E-state index contributed by atoms with van der Waals surface area (Å²) < 4.78 is 18.8. The Hall–Kier alpha value is -1.27. The van der Waals surface area contributed by atoms with Gasteiger partial charge in [-0.05, 0) is 53.5 Å². The number of hydrogen-bond donors (Lipinski definition) is 1. The van der Waals surface area contributed by atoms with Crippen LogP contribution >= 0.6 is 15.9 Å². The van der Waals surface area contributed by atoms with Crippen LogP contribution in [0.25, 0.3) is 11.4 Å². The van der Waals surface area contributed by atoms with Crippen LogP contribution in [0.4, 0.5) is 4.39 Å². The van der Waals surface area contributed by atoms with Crippen LogP contribution in [0, 0.1) is 5.82 Å². The summed E-state index contributed by atoms with van der Waals surface area (Å²) in [6.07, 6.45) is 2.12. The molecule has 0 amide bonds. The highest BCUT2D eigenvalue weighted by Gasteiger charge is 2.22. The third-order valence-electron chi connectivity index (χ3n) is 2.98. The van der Waals surface area contributed by atoms with Gasteiger partial charge in [0.15, 0.2) is 0 Å². The molecule has 1 N–H and O–H groups in total. The normalized spacial score (nSPS) is 19.3. The van der Waals surface area contributed by atoms with Crippen molar-refractivity contribution in [3.05, 3.63) is 34.4 Å². The first-order chi connectivity index (χ1) is 8.74. The van der Waals surface area contributed by atoms with Crippen molar-refractivity contribution < 1.29 is 8.91 Å². The van der Waals surface area contributed by atoms with E-state index in [9.17, 15) is 4.39 Å². The molecule has 0 saturated carbocycles. The molecule has 1 aromatic heterocycles. The lowest BCUT2D eigenvalue weighted by Gasteiger charge is -2.01. The molecule has 3 rings (SSSR count). The van der Waals surface area contributed by atoms with Gasteiger partial charge < -0.3 is 9.84 Å². The Labute approximate surface area is 112 Å². The first-order valence-corrected chi connectivity index (χ1v) is 6.56. The van der Waals surface area contributed by atoms with Crippen molar-refractivity contribution in [3.8, 4) is 11.4 Å². The highest BCUT2D eigenvalue weighted by molar-refractivity contribution is 9.10. The van der Waals surface area contributed by atoms with Gasteiger partial charge in [-0.1, -0.05) is 5.16 Å². The Morgan fingerprint density at radius 1 is 1.44 bits per heavy atom. The molecule has 1 aromatic carbocycles. The van der Waals surface area contributed by atoms with Crippen molar-refractivity contribution in [2.45, 2.75) is 18.9 Å². The maximum absolute atomic E-state index is 13.1. The number of benzene rings is 1. The molecule has 0 aliphatic carbocycles. The SMILES string of the molecule is Fc1ccc(-c2noc([C@H]3CCCN3)n2)cc1Br. The van der Waals surface area contributed by atoms with Crippen LogP contribution in [0.2, 0.25) is 0 Å². The second-order valence-corrected chi connectivity index (χ2v) is 5.09. The van der Waals surface area contributed by atoms with E-state index in [1.807, 2.05) is 0 Å². The van der Waals surface area contributed by atoms with Crippen LogP contribution < -0.4 is 5.32 Å². The molecule has 2 aromatic rings. The van der Waals surface area contributed by atoms with Crippen LogP contribution in [-0.4, -0.2) is 16.7 Å². The standard InChI is InChI=1S/C12H11BrFN3O/c13-8-6-7(3-4-9(8)14)11-16-12(18-17-11)10-2-1-5-15-10/h3-4,6,10,15H,1-2,5H2/t10-/m1/s1. The molecule has 1 saturated heterocycles. The fraction of sp³-hybridized carbons (Fsp3) is 0.333. The van der Waals surface area contributed by atoms with E-state index >= 15 is 0 Å². The molecule has 1 atom stereocenters. The van der Waals surface area contributed by atoms with Gasteiger partial charge in [-0.25, -0.2) is 4.39 Å². The zero-order valence-electron chi connectivity index (χ0n) is 9.49. The molecule has 1 fully saturated rings. The average Bonchev–Trinajstić information content (AvgIpc) is 3.01. The van der Waals surface area contributed by atoms with Crippen molar-refractivity contribution in [3.63, 3.8) is 0 Å².